The van der Waals surface area contributed by atoms with E-state index in [2.05, 4.69) is 40.6 Å². The van der Waals surface area contributed by atoms with Gasteiger partial charge in [-0.2, -0.15) is 0 Å². The summed E-state index contributed by atoms with van der Waals surface area (Å²) in [7, 11) is 0. The Kier molecular flexibility index (Phi) is 8.54. The summed E-state index contributed by atoms with van der Waals surface area (Å²) in [5.41, 5.74) is 0. The molecule has 0 aliphatic carbocycles. The van der Waals surface area contributed by atoms with Crippen LogP contribution in [-0.4, -0.2) is 39.5 Å². The van der Waals surface area contributed by atoms with Crippen LogP contribution < -0.4 is 0 Å². The normalized spacial score (nSPS) is 9.75. The maximum atomic E-state index is 4.72. The van der Waals surface area contributed by atoms with Crippen LogP contribution in [0.1, 0.15) is 20.8 Å². The molecule has 1 aromatic rings. The van der Waals surface area contributed by atoms with E-state index in [9.17, 15) is 0 Å². The molecule has 1 aromatic heterocycles. The van der Waals surface area contributed by atoms with Crippen LogP contribution in [0.2, 0.25) is 0 Å². The highest BCUT2D eigenvalue weighted by molar-refractivity contribution is 7.72. The second kappa shape index (κ2) is 8.74. The zero-order chi connectivity index (χ0) is 12.6. The van der Waals surface area contributed by atoms with Crippen molar-refractivity contribution >= 4 is 36.7 Å². The van der Waals surface area contributed by atoms with Crippen molar-refractivity contribution in [2.24, 2.45) is 0 Å². The monoisotopic (exact) mass is 278 g/mol. The van der Waals surface area contributed by atoms with Gasteiger partial charge in [0.25, 0.3) is 0 Å². The Morgan fingerprint density at radius 1 is 0.750 bits per heavy atom. The van der Waals surface area contributed by atoms with E-state index in [1.54, 1.807) is 0 Å². The van der Waals surface area contributed by atoms with E-state index in [4.69, 9.17) is 36.7 Å². The van der Waals surface area contributed by atoms with Crippen LogP contribution in [0.3, 0.4) is 0 Å². The van der Waals surface area contributed by atoms with Crippen LogP contribution in [0.25, 0.3) is 0 Å². The predicted molar refractivity (Wildman–Crippen MR) is 75.5 cm³/mol. The van der Waals surface area contributed by atoms with Crippen molar-refractivity contribution in [2.45, 2.75) is 20.8 Å². The van der Waals surface area contributed by atoms with Gasteiger partial charge in [0.15, 0.2) is 14.3 Å². The van der Waals surface area contributed by atoms with Crippen LogP contribution in [0, 0.1) is 14.3 Å². The Hall–Kier alpha value is -0.370. The van der Waals surface area contributed by atoms with Gasteiger partial charge in [-0.15, -0.1) is 0 Å². The minimum atomic E-state index is 0.448. The third kappa shape index (κ3) is 7.00. The Morgan fingerprint density at radius 2 is 1.00 bits per heavy atom. The van der Waals surface area contributed by atoms with E-state index in [1.165, 1.54) is 19.6 Å². The topological polar surface area (TPSA) is 50.6 Å². The van der Waals surface area contributed by atoms with Gasteiger partial charge in [0.1, 0.15) is 0 Å². The van der Waals surface area contributed by atoms with Crippen molar-refractivity contribution in [3.63, 3.8) is 0 Å². The molecule has 3 N–H and O–H groups in total. The lowest BCUT2D eigenvalue weighted by molar-refractivity contribution is 0.321. The van der Waals surface area contributed by atoms with Crippen molar-refractivity contribution < 1.29 is 0 Å². The number of hydrogen-bond acceptors (Lipinski definition) is 4. The molecule has 0 amide bonds. The van der Waals surface area contributed by atoms with Gasteiger partial charge in [-0.25, -0.2) is 0 Å². The molecule has 0 bridgehead atoms. The lowest BCUT2D eigenvalue weighted by Crippen LogP contribution is -2.21. The third-order valence-corrected chi connectivity index (χ3v) is 2.64. The molecule has 4 nitrogen and oxygen atoms in total. The van der Waals surface area contributed by atoms with Crippen LogP contribution in [0.4, 0.5) is 0 Å². The molecule has 0 fully saturated rings. The van der Waals surface area contributed by atoms with Gasteiger partial charge in [0.05, 0.1) is 0 Å². The van der Waals surface area contributed by atoms with E-state index in [1.807, 2.05) is 0 Å². The Bertz CT molecular complexity index is 357. The number of hydrogen-bond donors (Lipinski definition) is 3. The first-order valence-electron chi connectivity index (χ1n) is 5.18. The molecule has 1 rings (SSSR count). The third-order valence-electron chi connectivity index (χ3n) is 2.02. The van der Waals surface area contributed by atoms with E-state index < -0.39 is 0 Å². The quantitative estimate of drug-likeness (QED) is 0.743. The number of nitrogens with one attached hydrogen (secondary N) is 3. The van der Waals surface area contributed by atoms with Crippen molar-refractivity contribution in [1.82, 2.24) is 19.9 Å². The number of rotatable bonds is 3. The van der Waals surface area contributed by atoms with E-state index in [0.29, 0.717) is 14.3 Å². The van der Waals surface area contributed by atoms with Crippen molar-refractivity contribution in [2.75, 3.05) is 19.6 Å². The molecule has 0 saturated carbocycles. The highest BCUT2D eigenvalue weighted by atomic mass is 32.1. The van der Waals surface area contributed by atoms with Crippen molar-refractivity contribution in [3.8, 4) is 0 Å². The second-order valence-corrected chi connectivity index (χ2v) is 4.21. The van der Waals surface area contributed by atoms with Gasteiger partial charge in [0, 0.05) is 0 Å². The Balaban J connectivity index is 0.000000293. The highest BCUT2D eigenvalue weighted by Crippen LogP contribution is 1.81. The average Bonchev–Trinajstić information content (AvgIpc) is 2.19. The molecule has 0 saturated heterocycles. The fourth-order valence-electron chi connectivity index (χ4n) is 1.07. The number of aromatic amines is 3. The van der Waals surface area contributed by atoms with Gasteiger partial charge in [-0.05, 0) is 56.3 Å². The first-order chi connectivity index (χ1) is 7.53. The summed E-state index contributed by atoms with van der Waals surface area (Å²) in [6, 6.07) is 0. The summed E-state index contributed by atoms with van der Waals surface area (Å²) in [6.45, 7) is 10.1. The summed E-state index contributed by atoms with van der Waals surface area (Å²) in [5, 5.41) is 0. The van der Waals surface area contributed by atoms with Crippen molar-refractivity contribution in [3.05, 3.63) is 14.3 Å². The summed E-state index contributed by atoms with van der Waals surface area (Å²) >= 11 is 14.2. The summed E-state index contributed by atoms with van der Waals surface area (Å²) in [6.07, 6.45) is 0. The largest absolute Gasteiger partial charge is 0.309 e. The molecule has 92 valence electrons. The molecule has 0 atom stereocenters. The highest BCUT2D eigenvalue weighted by Gasteiger charge is 1.89. The molecular formula is C9H18N4S3. The maximum absolute atomic E-state index is 4.72. The standard InChI is InChI=1S/C6H15N.C3H3N3S3/c1-4-7(5-2)6-3;7-1-4-2(8)6-3(9)5-1/h4-6H2,1-3H3;(H3,4,5,6,7,8,9). The lowest BCUT2D eigenvalue weighted by atomic mass is 10.5. The van der Waals surface area contributed by atoms with E-state index in [-0.39, 0.29) is 0 Å². The smallest absolute Gasteiger partial charge is 0.178 e. The minimum Gasteiger partial charge on any atom is -0.309 e. The summed E-state index contributed by atoms with van der Waals surface area (Å²) in [4.78, 5) is 10.4. The molecule has 1 heterocycles. The van der Waals surface area contributed by atoms with Crippen molar-refractivity contribution in [1.29, 1.82) is 0 Å². The Morgan fingerprint density at radius 3 is 1.12 bits per heavy atom. The minimum absolute atomic E-state index is 0.448. The van der Waals surface area contributed by atoms with E-state index >= 15 is 0 Å². The Labute approximate surface area is 111 Å². The van der Waals surface area contributed by atoms with Crippen LogP contribution in [0.15, 0.2) is 0 Å². The molecule has 16 heavy (non-hydrogen) atoms. The zero-order valence-electron chi connectivity index (χ0n) is 9.79. The second-order valence-electron chi connectivity index (χ2n) is 2.98. The number of aromatic nitrogens is 3. The molecule has 0 aliphatic heterocycles. The maximum Gasteiger partial charge on any atom is 0.178 e. The molecular weight excluding hydrogens is 260 g/mol. The molecule has 0 radical (unpaired) electrons. The number of H-pyrrole nitrogens is 3. The van der Waals surface area contributed by atoms with Gasteiger partial charge in [0.2, 0.25) is 0 Å². The van der Waals surface area contributed by atoms with E-state index in [0.717, 1.165) is 0 Å². The first kappa shape index (κ1) is 15.6. The van der Waals surface area contributed by atoms with Gasteiger partial charge in [-0.3, -0.25) is 0 Å². The van der Waals surface area contributed by atoms with Gasteiger partial charge >= 0.3 is 0 Å². The molecule has 7 heteroatoms. The molecule has 0 unspecified atom stereocenters. The fourth-order valence-corrected chi connectivity index (χ4v) is 1.88. The summed E-state index contributed by atoms with van der Waals surface area (Å²) in [5.74, 6) is 0. The van der Waals surface area contributed by atoms with Gasteiger partial charge in [-0.1, -0.05) is 20.8 Å². The van der Waals surface area contributed by atoms with Crippen LogP contribution in [0.5, 0.6) is 0 Å². The first-order valence-corrected chi connectivity index (χ1v) is 6.41. The SMILES string of the molecule is CCN(CC)CC.S=c1[nH]c(=S)[nH]c(=S)[nH]1. The lowest BCUT2D eigenvalue weighted by Gasteiger charge is -2.13. The summed E-state index contributed by atoms with van der Waals surface area (Å²) < 4.78 is 1.34. The fraction of sp³-hybridized carbons (Fsp3) is 0.667. The number of nitrogens with zero attached hydrogens (tertiary/aromatic N) is 1. The molecule has 0 aliphatic rings. The average molecular weight is 278 g/mol. The molecule has 0 spiro atoms. The van der Waals surface area contributed by atoms with Gasteiger partial charge < -0.3 is 19.9 Å². The predicted octanol–water partition coefficient (Wildman–Crippen LogP) is 3.21. The molecule has 0 aromatic carbocycles. The van der Waals surface area contributed by atoms with Crippen LogP contribution >= 0.6 is 36.7 Å². The zero-order valence-corrected chi connectivity index (χ0v) is 12.2. The van der Waals surface area contributed by atoms with Crippen LogP contribution in [-0.2, 0) is 0 Å².